The number of aliphatic hydroxyl groups excluding tert-OH is 1. The Hall–Kier alpha value is -8.62. The first-order chi connectivity index (χ1) is 56.1. The molecule has 3 aliphatic heterocycles. The molecule has 3 fully saturated rings. The van der Waals surface area contributed by atoms with Crippen LogP contribution in [0.4, 0.5) is 15.3 Å². The minimum absolute atomic E-state index is 0. The van der Waals surface area contributed by atoms with Crippen molar-refractivity contribution in [3.8, 4) is 0 Å². The van der Waals surface area contributed by atoms with Gasteiger partial charge < -0.3 is 80.3 Å². The molecule has 118 heavy (non-hydrogen) atoms. The Bertz CT molecular complexity index is 3630. The van der Waals surface area contributed by atoms with Gasteiger partial charge in [-0.05, 0) is 94.4 Å². The van der Waals surface area contributed by atoms with Gasteiger partial charge in [0.1, 0.15) is 11.6 Å². The summed E-state index contributed by atoms with van der Waals surface area (Å²) in [6.45, 7) is 24.6. The molecule has 0 aliphatic carbocycles. The number of rotatable bonds is 48. The molecule has 30 nitrogen and oxygen atoms in total. The van der Waals surface area contributed by atoms with Gasteiger partial charge in [-0.1, -0.05) is 126 Å². The number of thiazole rings is 1. The zero-order valence-corrected chi connectivity index (χ0v) is 72.9. The van der Waals surface area contributed by atoms with Crippen LogP contribution in [0.1, 0.15) is 204 Å². The second kappa shape index (κ2) is 53.1. The summed E-state index contributed by atoms with van der Waals surface area (Å²) < 4.78 is 28.6. The molecule has 0 bridgehead atoms. The Morgan fingerprint density at radius 2 is 1.39 bits per heavy atom. The highest BCUT2D eigenvalue weighted by molar-refractivity contribution is 7.09. The Balaban J connectivity index is 0.000000624. The minimum atomic E-state index is -1.23. The van der Waals surface area contributed by atoms with E-state index < -0.39 is 65.9 Å². The van der Waals surface area contributed by atoms with Crippen molar-refractivity contribution in [2.24, 2.45) is 53.1 Å². The third-order valence-electron chi connectivity index (χ3n) is 22.7. The summed E-state index contributed by atoms with van der Waals surface area (Å²) in [6.07, 6.45) is 3.52. The van der Waals surface area contributed by atoms with Crippen molar-refractivity contribution in [2.75, 3.05) is 119 Å². The Morgan fingerprint density at radius 1 is 0.746 bits per heavy atom. The maximum atomic E-state index is 14.1. The molecule has 2 aromatic carbocycles. The molecule has 0 saturated carbocycles. The fourth-order valence-corrected chi connectivity index (χ4v) is 15.6. The molecule has 3 aliphatic rings. The highest BCUT2D eigenvalue weighted by atomic mass is 32.1. The normalized spacial score (nSPS) is 17.1. The zero-order chi connectivity index (χ0) is 87.9. The Labute approximate surface area is 706 Å². The highest BCUT2D eigenvalue weighted by Gasteiger charge is 2.44. The summed E-state index contributed by atoms with van der Waals surface area (Å²) in [4.78, 5) is 183. The molecule has 11 amide bonds. The number of Topliss-reactive ketones (excluding diaryl/α,β-unsaturated/α-hetero) is 3. The largest absolute Gasteiger partial charge is 0.431 e. The number of ketones is 3. The number of urea groups is 1. The van der Waals surface area contributed by atoms with Crippen LogP contribution in [0.15, 0.2) is 66.2 Å². The molecular formula is C87H140N12O18S. The second-order valence-corrected chi connectivity index (χ2v) is 33.0. The number of hydrogen-bond donors (Lipinski definition) is 6. The molecular weight excluding hydrogens is 1530 g/mol. The number of hydrogen-bond acceptors (Lipinski definition) is 21. The number of carbonyl (C=O) groups excluding carboxylic acids is 13. The first kappa shape index (κ1) is 102. The number of primary amides is 1. The molecule has 31 heteroatoms. The van der Waals surface area contributed by atoms with E-state index in [1.165, 1.54) is 19.2 Å². The van der Waals surface area contributed by atoms with Gasteiger partial charge in [0.15, 0.2) is 5.78 Å². The fourth-order valence-electron chi connectivity index (χ4n) is 14.9. The average molecular weight is 1680 g/mol. The lowest BCUT2D eigenvalue weighted by atomic mass is 9.80. The molecule has 1 aromatic heterocycles. The number of ether oxygens (including phenoxy) is 4. The number of likely N-dealkylation sites (N-methyl/N-ethyl adjacent to an activating group) is 2. The van der Waals surface area contributed by atoms with Crippen molar-refractivity contribution in [2.45, 2.75) is 223 Å². The van der Waals surface area contributed by atoms with Crippen molar-refractivity contribution in [1.82, 2.24) is 50.3 Å². The Morgan fingerprint density at radius 3 is 1.96 bits per heavy atom. The number of nitrogens with zero attached hydrogens (tertiary/aromatic N) is 7. The number of nitrogens with one attached hydrogen (secondary N) is 4. The standard InChI is InChI=1S/C46H73N9O12.C39H59N3O6S.2CH4/c1-30(2)32(5)53(7)46(64)67-42(44(62)54-23-21-52(6)22-24-54)33-10-12-35(13-11-33)50-43(61)34(9-8-18-49-45(47)63)29-36(56)41(31(3)4)51-38(58)17-25-65-27-28-66-26-19-48-37(57)16-20-55-39(59)14-15-40(55)60;1-9-26(4)37(41(7)39(47)31(25(2)3)20-27(5)44)35(48-8)23-36(46)42-18-13-16-33(42)32(24-43)28(6)34(45)22-30(38-40-17-19-49-38)21-29-14-11-10-12-15-29;;/h10-13,30-32,34,41-42H,8-9,14-29H2,1-7H3,(H,48,57)(H,50,61)(H,51,58)(H3,47,49,63);10-12,14-15,17,19,25-26,28,30-33,35,37,43H,9,13,16,18,20-24H2,1-8H3;2*1H4/t32-,34-,41+,42?;26-,28+,30+,31-,32+,33-,35+,37-;;/m10../s1/i;;1T;. The molecule has 662 valence electrons. The maximum Gasteiger partial charge on any atom is 0.410 e. The zero-order valence-electron chi connectivity index (χ0n) is 73.1. The predicted molar refractivity (Wildman–Crippen MR) is 455 cm³/mol. The molecule has 0 spiro atoms. The molecule has 6 rings (SSSR count). The number of methoxy groups -OCH3 is 1. The van der Waals surface area contributed by atoms with E-state index in [4.69, 9.17) is 26.1 Å². The van der Waals surface area contributed by atoms with Gasteiger partial charge in [-0.3, -0.25) is 52.8 Å². The summed E-state index contributed by atoms with van der Waals surface area (Å²) in [5.74, 6) is -4.98. The van der Waals surface area contributed by atoms with Crippen molar-refractivity contribution < 1.29 is 87.8 Å². The van der Waals surface area contributed by atoms with E-state index in [0.717, 1.165) is 28.3 Å². The van der Waals surface area contributed by atoms with Gasteiger partial charge in [0.25, 0.3) is 5.91 Å². The second-order valence-electron chi connectivity index (χ2n) is 32.1. The van der Waals surface area contributed by atoms with Crippen molar-refractivity contribution in [3.63, 3.8) is 0 Å². The van der Waals surface area contributed by atoms with Crippen molar-refractivity contribution in [3.05, 3.63) is 82.3 Å². The molecule has 12 atom stereocenters. The van der Waals surface area contributed by atoms with E-state index in [2.05, 4.69) is 57.1 Å². The van der Waals surface area contributed by atoms with Crippen LogP contribution < -0.4 is 27.0 Å². The maximum absolute atomic E-state index is 14.1. The number of piperazine rings is 1. The summed E-state index contributed by atoms with van der Waals surface area (Å²) in [7, 11) is 8.19. The Kier molecular flexibility index (Phi) is 45.8. The third kappa shape index (κ3) is 33.2. The summed E-state index contributed by atoms with van der Waals surface area (Å²) in [6, 6.07) is 14.1. The third-order valence-corrected chi connectivity index (χ3v) is 23.6. The van der Waals surface area contributed by atoms with Crippen LogP contribution in [0.5, 0.6) is 0 Å². The van der Waals surface area contributed by atoms with Gasteiger partial charge in [0.2, 0.25) is 47.5 Å². The quantitative estimate of drug-likeness (QED) is 0.0226. The van der Waals surface area contributed by atoms with Crippen LogP contribution in [0.25, 0.3) is 0 Å². The number of aliphatic hydroxyl groups is 1. The predicted octanol–water partition coefficient (Wildman–Crippen LogP) is 9.26. The summed E-state index contributed by atoms with van der Waals surface area (Å²) in [5.41, 5.74) is 7.16. The molecule has 0 radical (unpaired) electrons. The lowest BCUT2D eigenvalue weighted by molar-refractivity contribution is -0.148. The van der Waals surface area contributed by atoms with Crippen LogP contribution >= 0.6 is 11.3 Å². The minimum Gasteiger partial charge on any atom is -0.431 e. The highest BCUT2D eigenvalue weighted by Crippen LogP contribution is 2.36. The average Bonchev–Trinajstić information content (AvgIpc) is 1.79. The number of nitrogens with two attached hydrogens (primary N) is 1. The summed E-state index contributed by atoms with van der Waals surface area (Å²) >= 11 is 1.55. The number of imide groups is 1. The van der Waals surface area contributed by atoms with E-state index >= 15 is 0 Å². The van der Waals surface area contributed by atoms with Crippen LogP contribution in [0, 0.1) is 47.3 Å². The van der Waals surface area contributed by atoms with Crippen molar-refractivity contribution >= 4 is 93.8 Å². The lowest BCUT2D eigenvalue weighted by Gasteiger charge is -2.40. The monoisotopic (exact) mass is 1680 g/mol. The van der Waals surface area contributed by atoms with Crippen LogP contribution in [0.3, 0.4) is 0 Å². The number of aromatic nitrogens is 1. The van der Waals surface area contributed by atoms with Crippen molar-refractivity contribution in [1.29, 1.82) is 0 Å². The van der Waals surface area contributed by atoms with Crippen LogP contribution in [-0.2, 0) is 78.1 Å². The number of carbonyl (C=O) groups is 13. The topological polar surface area (TPSA) is 386 Å². The number of amides is 11. The van der Waals surface area contributed by atoms with Gasteiger partial charge in [0, 0.05) is 191 Å². The van der Waals surface area contributed by atoms with E-state index in [-0.39, 0.29) is 212 Å². The van der Waals surface area contributed by atoms with E-state index in [0.29, 0.717) is 69.7 Å². The number of likely N-dealkylation sites (tertiary alicyclic amines) is 2. The van der Waals surface area contributed by atoms with Gasteiger partial charge in [-0.2, -0.15) is 0 Å². The summed E-state index contributed by atoms with van der Waals surface area (Å²) in [5, 5.41) is 24.3. The van der Waals surface area contributed by atoms with Gasteiger partial charge in [0.05, 0.1) is 56.0 Å². The smallest absolute Gasteiger partial charge is 0.410 e. The van der Waals surface area contributed by atoms with E-state index in [1.54, 1.807) is 86.7 Å². The van der Waals surface area contributed by atoms with E-state index in [9.17, 15) is 67.4 Å². The van der Waals surface area contributed by atoms with Gasteiger partial charge >= 0.3 is 12.1 Å². The molecule has 3 saturated heterocycles. The molecule has 3 aromatic rings. The number of anilines is 1. The SMILES string of the molecule is C.CC(C)[C@H](NC(=O)CCOCCOCCNC(=O)CCN1C(=O)CCC1=O)C(=O)C[C@@H](CCCNC(N)=O)C(=O)Nc1ccc(C(OC(=O)N(C)[C@H](C)C(C)C)C(=O)N2CCN(C)CC2)cc1.CC[C@H](C)[C@@H]([C@@H](CC(=O)N1CCC[C@H]1[C@H](CO)[C@@H](C)C(=O)C[C@@H](Cc1ccccc1)c1nccs1)OC)N(C)C(=O)[C@@H](CC(C)=O)C(C)C.[3H]C. The lowest BCUT2D eigenvalue weighted by Crippen LogP contribution is -2.53. The van der Waals surface area contributed by atoms with Gasteiger partial charge in [-0.25, -0.2) is 14.6 Å². The van der Waals surface area contributed by atoms with Crippen LogP contribution in [-0.4, -0.2) is 260 Å². The number of benzene rings is 2. The van der Waals surface area contributed by atoms with Gasteiger partial charge in [-0.15, -0.1) is 11.3 Å². The first-order valence-corrected chi connectivity index (χ1v) is 42.1. The van der Waals surface area contributed by atoms with Crippen LogP contribution in [0.2, 0.25) is 0 Å². The molecule has 1 unspecified atom stereocenters. The first-order valence-electron chi connectivity index (χ1n) is 42.2. The molecule has 4 heterocycles. The molecule has 7 N–H and O–H groups in total. The fraction of sp³-hybridized carbons (Fsp3) is 0.678. The van der Waals surface area contributed by atoms with E-state index in [1.807, 2.05) is 77.1 Å².